The fourth-order valence-corrected chi connectivity index (χ4v) is 4.36. The molecule has 0 aliphatic carbocycles. The van der Waals surface area contributed by atoms with E-state index >= 15 is 0 Å². The molecule has 0 amide bonds. The van der Waals surface area contributed by atoms with Crippen molar-refractivity contribution in [2.45, 2.75) is 18.6 Å². The highest BCUT2D eigenvalue weighted by atomic mass is 79.9. The lowest BCUT2D eigenvalue weighted by atomic mass is 10.1. The van der Waals surface area contributed by atoms with Crippen LogP contribution in [0.25, 0.3) is 0 Å². The molecule has 0 fully saturated rings. The van der Waals surface area contributed by atoms with E-state index in [-0.39, 0.29) is 22.8 Å². The Bertz CT molecular complexity index is 881. The Morgan fingerprint density at radius 1 is 1.31 bits per heavy atom. The topological polar surface area (TPSA) is 63.0 Å². The van der Waals surface area contributed by atoms with E-state index in [4.69, 9.17) is 4.74 Å². The van der Waals surface area contributed by atoms with Crippen molar-refractivity contribution in [3.05, 3.63) is 57.2 Å². The number of halogens is 2. The molecule has 0 atom stereocenters. The molecule has 8 heteroatoms. The number of ketones is 1. The first-order valence-corrected chi connectivity index (χ1v) is 10.7. The van der Waals surface area contributed by atoms with E-state index in [1.54, 1.807) is 18.9 Å². The maximum absolute atomic E-state index is 12.6. The van der Waals surface area contributed by atoms with Crippen LogP contribution in [0.2, 0.25) is 0 Å². The molecule has 1 heterocycles. The third-order valence-electron chi connectivity index (χ3n) is 4.28. The smallest absolute Gasteiger partial charge is 0.216 e. The molecule has 0 bridgehead atoms. The van der Waals surface area contributed by atoms with Gasteiger partial charge in [0.05, 0.1) is 32.8 Å². The van der Waals surface area contributed by atoms with Gasteiger partial charge < -0.3 is 26.2 Å². The largest absolute Gasteiger partial charge is 1.00 e. The van der Waals surface area contributed by atoms with Gasteiger partial charge in [0.2, 0.25) is 5.78 Å². The van der Waals surface area contributed by atoms with E-state index < -0.39 is 0 Å². The monoisotopic (exact) mass is 541 g/mol. The van der Waals surface area contributed by atoms with Gasteiger partial charge in [-0.05, 0) is 30.7 Å². The number of nitriles is 1. The second-order valence-electron chi connectivity index (χ2n) is 7.24. The molecular formula is C21H25Br2N3O2S. The molecule has 0 aliphatic rings. The Labute approximate surface area is 195 Å². The number of likely N-dealkylation sites (N-methyl/N-ethyl adjacent to an activating group) is 1. The van der Waals surface area contributed by atoms with E-state index in [0.717, 1.165) is 38.6 Å². The summed E-state index contributed by atoms with van der Waals surface area (Å²) in [6.07, 6.45) is 0. The lowest BCUT2D eigenvalue weighted by molar-refractivity contribution is -0.879. The second-order valence-corrected chi connectivity index (χ2v) is 9.24. The van der Waals surface area contributed by atoms with E-state index in [9.17, 15) is 10.1 Å². The van der Waals surface area contributed by atoms with Crippen molar-refractivity contribution in [1.29, 1.82) is 5.26 Å². The quantitative estimate of drug-likeness (QED) is 0.271. The molecule has 2 aromatic rings. The van der Waals surface area contributed by atoms with Crippen molar-refractivity contribution in [1.82, 2.24) is 4.98 Å². The normalized spacial score (nSPS) is 10.9. The molecular weight excluding hydrogens is 518 g/mol. The second kappa shape index (κ2) is 11.8. The average Bonchev–Trinajstić information content (AvgIpc) is 2.61. The van der Waals surface area contributed by atoms with Crippen LogP contribution in [0, 0.1) is 18.3 Å². The number of hydrogen-bond donors (Lipinski definition) is 0. The maximum atomic E-state index is 12.6. The summed E-state index contributed by atoms with van der Waals surface area (Å²) in [5.74, 6) is 0.884. The van der Waals surface area contributed by atoms with E-state index in [0.29, 0.717) is 23.2 Å². The minimum absolute atomic E-state index is 0. The third kappa shape index (κ3) is 7.83. The molecule has 0 aliphatic heterocycles. The molecule has 2 rings (SSSR count). The van der Waals surface area contributed by atoms with Crippen molar-refractivity contribution in [2.75, 3.05) is 40.0 Å². The van der Waals surface area contributed by atoms with Crippen LogP contribution in [-0.4, -0.2) is 55.3 Å². The van der Waals surface area contributed by atoms with Crippen molar-refractivity contribution >= 4 is 33.5 Å². The summed E-state index contributed by atoms with van der Waals surface area (Å²) in [6.45, 7) is 3.51. The van der Waals surface area contributed by atoms with Crippen molar-refractivity contribution < 1.29 is 31.0 Å². The van der Waals surface area contributed by atoms with Gasteiger partial charge >= 0.3 is 0 Å². The molecule has 156 valence electrons. The molecule has 0 spiro atoms. The van der Waals surface area contributed by atoms with Gasteiger partial charge in [0.1, 0.15) is 17.6 Å². The molecule has 0 unspecified atom stereocenters. The first kappa shape index (κ1) is 25.8. The van der Waals surface area contributed by atoms with Crippen LogP contribution in [0.1, 0.15) is 27.2 Å². The number of pyridine rings is 1. The molecule has 0 saturated carbocycles. The zero-order valence-electron chi connectivity index (χ0n) is 17.0. The van der Waals surface area contributed by atoms with Gasteiger partial charge in [-0.2, -0.15) is 5.26 Å². The summed E-state index contributed by atoms with van der Waals surface area (Å²) in [7, 11) is 5.71. The number of methoxy groups -OCH3 is 1. The number of aryl methyl sites for hydroxylation is 1. The van der Waals surface area contributed by atoms with E-state index in [1.807, 2.05) is 51.4 Å². The number of carbonyl (C=O) groups excluding carboxylic acids is 1. The van der Waals surface area contributed by atoms with E-state index in [2.05, 4.69) is 27.0 Å². The van der Waals surface area contributed by atoms with Crippen LogP contribution in [0.15, 0.2) is 39.8 Å². The SMILES string of the molecule is COCc1cc(C)nc(SCC[N+](C)(C)CC(=O)c2ccc(Br)cc2)c1C#N.[Br-]. The first-order chi connectivity index (χ1) is 13.3. The number of carbonyl (C=O) groups is 1. The average molecular weight is 543 g/mol. The number of nitrogens with zero attached hydrogens (tertiary/aromatic N) is 3. The van der Waals surface area contributed by atoms with Crippen LogP contribution in [0.5, 0.6) is 0 Å². The predicted octanol–water partition coefficient (Wildman–Crippen LogP) is 1.23. The Kier molecular flexibility index (Phi) is 10.5. The fraction of sp³-hybridized carbons (Fsp3) is 0.381. The Morgan fingerprint density at radius 2 is 1.97 bits per heavy atom. The highest BCUT2D eigenvalue weighted by Gasteiger charge is 2.22. The van der Waals surface area contributed by atoms with Gasteiger partial charge in [-0.1, -0.05) is 39.8 Å². The summed E-state index contributed by atoms with van der Waals surface area (Å²) < 4.78 is 6.73. The number of benzene rings is 1. The minimum Gasteiger partial charge on any atom is -1.00 e. The van der Waals surface area contributed by atoms with Gasteiger partial charge in [-0.3, -0.25) is 4.79 Å². The number of hydrogen-bond acceptors (Lipinski definition) is 5. The lowest BCUT2D eigenvalue weighted by Crippen LogP contribution is -3.00. The first-order valence-electron chi connectivity index (χ1n) is 8.89. The summed E-state index contributed by atoms with van der Waals surface area (Å²) >= 11 is 4.94. The maximum Gasteiger partial charge on any atom is 0.216 e. The van der Waals surface area contributed by atoms with Gasteiger partial charge in [-0.25, -0.2) is 4.98 Å². The number of thioether (sulfide) groups is 1. The number of aromatic nitrogens is 1. The Balaban J connectivity index is 0.00000420. The molecule has 0 N–H and O–H groups in total. The molecule has 1 aromatic heterocycles. The number of Topliss-reactive ketones (excluding diaryl/α,β-unsaturated/α-hetero) is 1. The Hall–Kier alpha value is -1.24. The molecule has 0 saturated heterocycles. The fourth-order valence-electron chi connectivity index (χ4n) is 2.79. The van der Waals surface area contributed by atoms with Crippen molar-refractivity contribution in [3.8, 4) is 6.07 Å². The summed E-state index contributed by atoms with van der Waals surface area (Å²) in [5.41, 5.74) is 3.03. The summed E-state index contributed by atoms with van der Waals surface area (Å²) in [6, 6.07) is 11.6. The molecule has 29 heavy (non-hydrogen) atoms. The predicted molar refractivity (Wildman–Crippen MR) is 115 cm³/mol. The van der Waals surface area contributed by atoms with Crippen LogP contribution in [0.4, 0.5) is 0 Å². The minimum atomic E-state index is 0. The number of quaternary nitrogens is 1. The Morgan fingerprint density at radius 3 is 2.55 bits per heavy atom. The van der Waals surface area contributed by atoms with Gasteiger partial charge in [-0.15, -0.1) is 0 Å². The van der Waals surface area contributed by atoms with E-state index in [1.165, 1.54) is 0 Å². The standard InChI is InChI=1S/C21H25BrN3O2S.BrH/c1-15-11-17(14-27-4)19(12-23)21(24-15)28-10-9-25(2,3)13-20(26)16-5-7-18(22)8-6-16;/h5-8,11H,9-10,13-14H2,1-4H3;1H/q+1;/p-1. The zero-order chi connectivity index (χ0) is 20.7. The molecule has 5 nitrogen and oxygen atoms in total. The third-order valence-corrected chi connectivity index (χ3v) is 5.77. The number of rotatable bonds is 9. The molecule has 1 aromatic carbocycles. The summed E-state index contributed by atoms with van der Waals surface area (Å²) in [5, 5.41) is 10.3. The zero-order valence-corrected chi connectivity index (χ0v) is 21.0. The van der Waals surface area contributed by atoms with Crippen molar-refractivity contribution in [3.63, 3.8) is 0 Å². The lowest BCUT2D eigenvalue weighted by Gasteiger charge is -2.28. The molecule has 0 radical (unpaired) electrons. The highest BCUT2D eigenvalue weighted by molar-refractivity contribution is 9.10. The van der Waals surface area contributed by atoms with Crippen LogP contribution >= 0.6 is 27.7 Å². The number of ether oxygens (including phenoxy) is 1. The van der Waals surface area contributed by atoms with Crippen LogP contribution in [0.3, 0.4) is 0 Å². The highest BCUT2D eigenvalue weighted by Crippen LogP contribution is 2.25. The van der Waals surface area contributed by atoms with Crippen molar-refractivity contribution in [2.24, 2.45) is 0 Å². The van der Waals surface area contributed by atoms with Crippen LogP contribution < -0.4 is 17.0 Å². The summed E-state index contributed by atoms with van der Waals surface area (Å²) in [4.78, 5) is 17.1. The van der Waals surface area contributed by atoms with Gasteiger partial charge in [0.25, 0.3) is 0 Å². The van der Waals surface area contributed by atoms with Crippen LogP contribution in [-0.2, 0) is 11.3 Å². The van der Waals surface area contributed by atoms with Gasteiger partial charge in [0.15, 0.2) is 0 Å². The van der Waals surface area contributed by atoms with Gasteiger partial charge in [0, 0.05) is 28.6 Å².